The SMILES string of the molecule is COc1cc2c(cc1C(=O)O)CN(Cc1ccccc1)C2=O. The Morgan fingerprint density at radius 1 is 1.27 bits per heavy atom. The molecule has 1 amide bonds. The van der Waals surface area contributed by atoms with Crippen molar-refractivity contribution in [2.24, 2.45) is 0 Å². The van der Waals surface area contributed by atoms with E-state index in [1.165, 1.54) is 19.2 Å². The number of carbonyl (C=O) groups is 2. The van der Waals surface area contributed by atoms with Crippen LogP contribution in [-0.4, -0.2) is 29.0 Å². The summed E-state index contributed by atoms with van der Waals surface area (Å²) in [4.78, 5) is 25.4. The number of nitrogens with zero attached hydrogens (tertiary/aromatic N) is 1. The number of benzene rings is 2. The van der Waals surface area contributed by atoms with Crippen molar-refractivity contribution in [3.63, 3.8) is 0 Å². The molecule has 0 atom stereocenters. The first-order valence-corrected chi connectivity index (χ1v) is 6.87. The molecule has 0 spiro atoms. The van der Waals surface area contributed by atoms with Gasteiger partial charge in [-0.1, -0.05) is 30.3 Å². The topological polar surface area (TPSA) is 66.8 Å². The number of hydrogen-bond donors (Lipinski definition) is 1. The Balaban J connectivity index is 1.92. The van der Waals surface area contributed by atoms with Gasteiger partial charge in [0, 0.05) is 18.7 Å². The van der Waals surface area contributed by atoms with Gasteiger partial charge in [0.15, 0.2) is 0 Å². The van der Waals surface area contributed by atoms with E-state index in [1.807, 2.05) is 30.3 Å². The van der Waals surface area contributed by atoms with Crippen LogP contribution in [0.1, 0.15) is 31.8 Å². The number of rotatable bonds is 4. The van der Waals surface area contributed by atoms with Gasteiger partial charge >= 0.3 is 5.97 Å². The lowest BCUT2D eigenvalue weighted by molar-refractivity contribution is 0.0692. The second kappa shape index (κ2) is 5.52. The largest absolute Gasteiger partial charge is 0.496 e. The van der Waals surface area contributed by atoms with Crippen LogP contribution in [0, 0.1) is 0 Å². The fourth-order valence-corrected chi connectivity index (χ4v) is 2.67. The monoisotopic (exact) mass is 297 g/mol. The molecule has 1 aliphatic heterocycles. The number of aromatic carboxylic acids is 1. The van der Waals surface area contributed by atoms with Crippen LogP contribution in [0.15, 0.2) is 42.5 Å². The molecule has 1 N–H and O–H groups in total. The van der Waals surface area contributed by atoms with Crippen molar-refractivity contribution in [2.75, 3.05) is 7.11 Å². The Kier molecular flexibility index (Phi) is 3.55. The van der Waals surface area contributed by atoms with Crippen LogP contribution in [0.3, 0.4) is 0 Å². The van der Waals surface area contributed by atoms with E-state index in [0.717, 1.165) is 11.1 Å². The zero-order valence-corrected chi connectivity index (χ0v) is 12.1. The lowest BCUT2D eigenvalue weighted by Crippen LogP contribution is -2.23. The summed E-state index contributed by atoms with van der Waals surface area (Å²) in [5, 5.41) is 9.22. The molecular weight excluding hydrogens is 282 g/mol. The smallest absolute Gasteiger partial charge is 0.339 e. The summed E-state index contributed by atoms with van der Waals surface area (Å²) in [5.41, 5.74) is 2.35. The molecule has 5 nitrogen and oxygen atoms in total. The van der Waals surface area contributed by atoms with Gasteiger partial charge in [-0.15, -0.1) is 0 Å². The minimum Gasteiger partial charge on any atom is -0.496 e. The number of hydrogen-bond acceptors (Lipinski definition) is 3. The molecule has 0 aromatic heterocycles. The number of methoxy groups -OCH3 is 1. The van der Waals surface area contributed by atoms with Crippen molar-refractivity contribution in [3.05, 3.63) is 64.7 Å². The molecule has 5 heteroatoms. The van der Waals surface area contributed by atoms with Crippen LogP contribution in [0.2, 0.25) is 0 Å². The molecule has 112 valence electrons. The molecular formula is C17H15NO4. The summed E-state index contributed by atoms with van der Waals surface area (Å²) < 4.78 is 5.08. The fraction of sp³-hybridized carbons (Fsp3) is 0.176. The van der Waals surface area contributed by atoms with Gasteiger partial charge in [0.25, 0.3) is 5.91 Å². The second-order valence-electron chi connectivity index (χ2n) is 5.16. The third kappa shape index (κ3) is 2.41. The maximum Gasteiger partial charge on any atom is 0.339 e. The summed E-state index contributed by atoms with van der Waals surface area (Å²) in [6.07, 6.45) is 0. The second-order valence-corrected chi connectivity index (χ2v) is 5.16. The van der Waals surface area contributed by atoms with Gasteiger partial charge < -0.3 is 14.7 Å². The van der Waals surface area contributed by atoms with E-state index >= 15 is 0 Å². The van der Waals surface area contributed by atoms with Crippen molar-refractivity contribution >= 4 is 11.9 Å². The number of carbonyl (C=O) groups excluding carboxylic acids is 1. The van der Waals surface area contributed by atoms with Crippen LogP contribution in [0.5, 0.6) is 5.75 Å². The van der Waals surface area contributed by atoms with Crippen LogP contribution >= 0.6 is 0 Å². The molecule has 22 heavy (non-hydrogen) atoms. The van der Waals surface area contributed by atoms with Crippen molar-refractivity contribution < 1.29 is 19.4 Å². The summed E-state index contributed by atoms with van der Waals surface area (Å²) in [5.74, 6) is -0.955. The molecule has 3 rings (SSSR count). The molecule has 0 bridgehead atoms. The van der Waals surface area contributed by atoms with Crippen LogP contribution in [0.25, 0.3) is 0 Å². The quantitative estimate of drug-likeness (QED) is 0.941. The molecule has 0 unspecified atom stereocenters. The molecule has 0 aliphatic carbocycles. The van der Waals surface area contributed by atoms with E-state index in [-0.39, 0.29) is 17.2 Å². The van der Waals surface area contributed by atoms with E-state index in [4.69, 9.17) is 4.74 Å². The highest BCUT2D eigenvalue weighted by atomic mass is 16.5. The highest BCUT2D eigenvalue weighted by Gasteiger charge is 2.30. The first-order chi connectivity index (χ1) is 10.6. The van der Waals surface area contributed by atoms with Crippen molar-refractivity contribution in [3.8, 4) is 5.75 Å². The zero-order chi connectivity index (χ0) is 15.7. The van der Waals surface area contributed by atoms with Crippen molar-refractivity contribution in [1.29, 1.82) is 0 Å². The Labute approximate surface area is 127 Å². The van der Waals surface area contributed by atoms with Gasteiger partial charge in [0.1, 0.15) is 11.3 Å². The highest BCUT2D eigenvalue weighted by Crippen LogP contribution is 2.31. The molecule has 0 saturated heterocycles. The number of fused-ring (bicyclic) bond motifs is 1. The molecule has 0 saturated carbocycles. The zero-order valence-electron chi connectivity index (χ0n) is 12.1. The maximum atomic E-state index is 12.5. The molecule has 1 heterocycles. The molecule has 2 aromatic carbocycles. The first-order valence-electron chi connectivity index (χ1n) is 6.87. The predicted octanol–water partition coefficient (Wildman–Crippen LogP) is 2.55. The number of carboxylic acids is 1. The lowest BCUT2D eigenvalue weighted by atomic mass is 10.0. The Bertz CT molecular complexity index is 740. The lowest BCUT2D eigenvalue weighted by Gasteiger charge is -2.15. The van der Waals surface area contributed by atoms with E-state index in [9.17, 15) is 14.7 Å². The summed E-state index contributed by atoms with van der Waals surface area (Å²) in [6.45, 7) is 0.909. The summed E-state index contributed by atoms with van der Waals surface area (Å²) in [6, 6.07) is 12.7. The molecule has 1 aliphatic rings. The van der Waals surface area contributed by atoms with Gasteiger partial charge in [-0.05, 0) is 23.3 Å². The average molecular weight is 297 g/mol. The van der Waals surface area contributed by atoms with Gasteiger partial charge in [0.2, 0.25) is 0 Å². The summed E-state index contributed by atoms with van der Waals surface area (Å²) >= 11 is 0. The molecule has 0 radical (unpaired) electrons. The molecule has 0 fully saturated rings. The highest BCUT2D eigenvalue weighted by molar-refractivity contribution is 6.01. The van der Waals surface area contributed by atoms with E-state index in [2.05, 4.69) is 0 Å². The normalized spacial score (nSPS) is 13.1. The van der Waals surface area contributed by atoms with Gasteiger partial charge in [-0.2, -0.15) is 0 Å². The third-order valence-corrected chi connectivity index (χ3v) is 3.75. The third-order valence-electron chi connectivity index (χ3n) is 3.75. The van der Waals surface area contributed by atoms with Crippen LogP contribution in [0.4, 0.5) is 0 Å². The maximum absolute atomic E-state index is 12.5. The number of amides is 1. The molecule has 2 aromatic rings. The van der Waals surface area contributed by atoms with Crippen molar-refractivity contribution in [2.45, 2.75) is 13.1 Å². The minimum atomic E-state index is -1.06. The Morgan fingerprint density at radius 3 is 2.64 bits per heavy atom. The van der Waals surface area contributed by atoms with E-state index in [1.54, 1.807) is 4.90 Å². The fourth-order valence-electron chi connectivity index (χ4n) is 2.67. The van der Waals surface area contributed by atoms with Crippen molar-refractivity contribution in [1.82, 2.24) is 4.90 Å². The van der Waals surface area contributed by atoms with Gasteiger partial charge in [-0.3, -0.25) is 4.79 Å². The predicted molar refractivity (Wildman–Crippen MR) is 80.0 cm³/mol. The van der Waals surface area contributed by atoms with Gasteiger partial charge in [0.05, 0.1) is 7.11 Å². The Morgan fingerprint density at radius 2 is 2.00 bits per heavy atom. The number of ether oxygens (including phenoxy) is 1. The van der Waals surface area contributed by atoms with Crippen LogP contribution in [-0.2, 0) is 13.1 Å². The standard InChI is InChI=1S/C17H15NO4/c1-22-15-8-13-12(7-14(15)17(20)21)10-18(16(13)19)9-11-5-3-2-4-6-11/h2-8H,9-10H2,1H3,(H,20,21). The summed E-state index contributed by atoms with van der Waals surface area (Å²) in [7, 11) is 1.40. The minimum absolute atomic E-state index is 0.0793. The number of carboxylic acid groups (broad SMARTS) is 1. The van der Waals surface area contributed by atoms with Gasteiger partial charge in [-0.25, -0.2) is 4.79 Å². The van der Waals surface area contributed by atoms with E-state index in [0.29, 0.717) is 18.7 Å². The van der Waals surface area contributed by atoms with Crippen LogP contribution < -0.4 is 4.74 Å². The average Bonchev–Trinajstić information content (AvgIpc) is 2.82. The first kappa shape index (κ1) is 14.1. The van der Waals surface area contributed by atoms with E-state index < -0.39 is 5.97 Å². The Hall–Kier alpha value is -2.82.